The molecule has 37 heavy (non-hydrogen) atoms. The number of H-pyrrole nitrogens is 2. The zero-order valence-electron chi connectivity index (χ0n) is 19.8. The number of nitrogens with one attached hydrogen (secondary N) is 4. The third-order valence-electron chi connectivity index (χ3n) is 6.45. The Labute approximate surface area is 212 Å². The van der Waals surface area contributed by atoms with Crippen molar-refractivity contribution in [1.82, 2.24) is 19.9 Å². The largest absolute Gasteiger partial charge is 0.384 e. The zero-order chi connectivity index (χ0) is 25.5. The van der Waals surface area contributed by atoms with Gasteiger partial charge in [0.05, 0.1) is 22.1 Å². The summed E-state index contributed by atoms with van der Waals surface area (Å²) in [5.74, 6) is 1.65. The molecular weight excluding hydrogens is 460 g/mol. The van der Waals surface area contributed by atoms with E-state index in [2.05, 4.69) is 68.5 Å². The molecule has 0 saturated heterocycles. The quantitative estimate of drug-likeness (QED) is 0.146. The van der Waals surface area contributed by atoms with Crippen molar-refractivity contribution >= 4 is 33.7 Å². The van der Waals surface area contributed by atoms with Gasteiger partial charge in [0.25, 0.3) is 0 Å². The number of fused-ring (bicyclic) bond motifs is 2. The molecule has 6 aromatic rings. The lowest BCUT2D eigenvalue weighted by atomic mass is 10.0. The van der Waals surface area contributed by atoms with E-state index in [4.69, 9.17) is 22.3 Å². The van der Waals surface area contributed by atoms with Gasteiger partial charge < -0.3 is 21.4 Å². The molecule has 8 N–H and O–H groups in total. The van der Waals surface area contributed by atoms with Crippen LogP contribution in [0.5, 0.6) is 0 Å². The van der Waals surface area contributed by atoms with Crippen LogP contribution in [0.25, 0.3) is 44.8 Å². The van der Waals surface area contributed by atoms with Crippen molar-refractivity contribution in [3.63, 3.8) is 0 Å². The van der Waals surface area contributed by atoms with Gasteiger partial charge in [-0.1, -0.05) is 48.5 Å². The van der Waals surface area contributed by atoms with Crippen LogP contribution in [0.15, 0.2) is 84.9 Å². The summed E-state index contributed by atoms with van der Waals surface area (Å²) in [7, 11) is 0. The van der Waals surface area contributed by atoms with Crippen LogP contribution in [0.1, 0.15) is 22.3 Å². The number of imidazole rings is 2. The van der Waals surface area contributed by atoms with Gasteiger partial charge in [0.1, 0.15) is 23.3 Å². The Morgan fingerprint density at radius 1 is 0.595 bits per heavy atom. The summed E-state index contributed by atoms with van der Waals surface area (Å²) in [6, 6.07) is 27.8. The van der Waals surface area contributed by atoms with Crippen molar-refractivity contribution in [2.24, 2.45) is 11.5 Å². The average Bonchev–Trinajstić information content (AvgIpc) is 3.53. The Kier molecular flexibility index (Phi) is 5.27. The van der Waals surface area contributed by atoms with Crippen molar-refractivity contribution in [3.05, 3.63) is 107 Å². The normalized spacial score (nSPS) is 11.2. The van der Waals surface area contributed by atoms with Gasteiger partial charge in [0.15, 0.2) is 0 Å². The van der Waals surface area contributed by atoms with Gasteiger partial charge in [-0.3, -0.25) is 10.8 Å². The Bertz CT molecular complexity index is 1660. The summed E-state index contributed by atoms with van der Waals surface area (Å²) >= 11 is 0. The van der Waals surface area contributed by atoms with Crippen LogP contribution in [-0.4, -0.2) is 31.6 Å². The van der Waals surface area contributed by atoms with Crippen LogP contribution < -0.4 is 11.5 Å². The summed E-state index contributed by atoms with van der Waals surface area (Å²) < 4.78 is 0. The van der Waals surface area contributed by atoms with Crippen LogP contribution >= 0.6 is 0 Å². The third kappa shape index (κ3) is 4.32. The topological polar surface area (TPSA) is 157 Å². The average molecular weight is 485 g/mol. The molecule has 180 valence electrons. The number of nitrogen functional groups attached to an aromatic ring is 2. The number of hydrogen-bond donors (Lipinski definition) is 6. The smallest absolute Gasteiger partial charge is 0.138 e. The molecule has 0 radical (unpaired) electrons. The molecule has 0 amide bonds. The predicted molar refractivity (Wildman–Crippen MR) is 148 cm³/mol. The molecule has 0 saturated carbocycles. The summed E-state index contributed by atoms with van der Waals surface area (Å²) in [6.07, 6.45) is 0.810. The predicted octanol–water partition coefficient (Wildman–Crippen LogP) is 4.93. The van der Waals surface area contributed by atoms with E-state index < -0.39 is 0 Å². The molecule has 0 bridgehead atoms. The van der Waals surface area contributed by atoms with E-state index in [9.17, 15) is 0 Å². The second-order valence-corrected chi connectivity index (χ2v) is 9.03. The van der Waals surface area contributed by atoms with E-state index >= 15 is 0 Å². The first-order valence-electron chi connectivity index (χ1n) is 11.8. The van der Waals surface area contributed by atoms with Gasteiger partial charge >= 0.3 is 0 Å². The molecule has 0 atom stereocenters. The van der Waals surface area contributed by atoms with Gasteiger partial charge in [-0.05, 0) is 53.9 Å². The number of aromatic amines is 2. The maximum absolute atomic E-state index is 7.62. The minimum Gasteiger partial charge on any atom is -0.384 e. The van der Waals surface area contributed by atoms with Crippen LogP contribution in [-0.2, 0) is 6.42 Å². The van der Waals surface area contributed by atoms with E-state index in [-0.39, 0.29) is 11.7 Å². The second kappa shape index (κ2) is 8.76. The van der Waals surface area contributed by atoms with Gasteiger partial charge in [-0.15, -0.1) is 0 Å². The summed E-state index contributed by atoms with van der Waals surface area (Å²) in [6.45, 7) is 0. The fourth-order valence-electron chi connectivity index (χ4n) is 4.42. The molecule has 8 nitrogen and oxygen atoms in total. The molecule has 2 aromatic heterocycles. The Morgan fingerprint density at radius 2 is 1.00 bits per heavy atom. The van der Waals surface area contributed by atoms with Crippen molar-refractivity contribution < 1.29 is 0 Å². The monoisotopic (exact) mass is 484 g/mol. The Hall–Kier alpha value is -5.24. The molecule has 0 unspecified atom stereocenters. The molecule has 0 aliphatic heterocycles. The lowest BCUT2D eigenvalue weighted by Crippen LogP contribution is -2.10. The van der Waals surface area contributed by atoms with Crippen LogP contribution in [0.2, 0.25) is 0 Å². The number of nitrogens with two attached hydrogens (primary N) is 2. The highest BCUT2D eigenvalue weighted by Gasteiger charge is 2.09. The maximum atomic E-state index is 7.62. The molecule has 2 heterocycles. The second-order valence-electron chi connectivity index (χ2n) is 9.03. The molecule has 0 aliphatic rings. The highest BCUT2D eigenvalue weighted by Crippen LogP contribution is 2.24. The molecule has 0 fully saturated rings. The van der Waals surface area contributed by atoms with E-state index in [0.29, 0.717) is 11.1 Å². The summed E-state index contributed by atoms with van der Waals surface area (Å²) in [4.78, 5) is 16.0. The lowest BCUT2D eigenvalue weighted by Gasteiger charge is -2.05. The molecular formula is C29H24N8. The summed E-state index contributed by atoms with van der Waals surface area (Å²) in [5.41, 5.74) is 20.3. The highest BCUT2D eigenvalue weighted by atomic mass is 14.9. The van der Waals surface area contributed by atoms with Gasteiger partial charge in [-0.25, -0.2) is 9.97 Å². The van der Waals surface area contributed by atoms with E-state index in [1.807, 2.05) is 36.4 Å². The Morgan fingerprint density at radius 3 is 1.38 bits per heavy atom. The number of nitrogens with zero attached hydrogens (tertiary/aromatic N) is 2. The molecule has 6 rings (SSSR count). The summed E-state index contributed by atoms with van der Waals surface area (Å²) in [5, 5.41) is 15.2. The van der Waals surface area contributed by atoms with Crippen molar-refractivity contribution in [2.45, 2.75) is 6.42 Å². The number of aromatic nitrogens is 4. The fraction of sp³-hybridized carbons (Fsp3) is 0.0345. The van der Waals surface area contributed by atoms with Gasteiger partial charge in [0.2, 0.25) is 0 Å². The number of amidine groups is 2. The number of benzene rings is 4. The Balaban J connectivity index is 1.18. The first-order valence-corrected chi connectivity index (χ1v) is 11.8. The molecule has 4 aromatic carbocycles. The minimum absolute atomic E-state index is 0.0382. The van der Waals surface area contributed by atoms with E-state index in [0.717, 1.165) is 51.3 Å². The third-order valence-corrected chi connectivity index (χ3v) is 6.45. The lowest BCUT2D eigenvalue weighted by molar-refractivity contribution is 1.19. The SMILES string of the molecule is N=C(N)c1ccc2nc(-c3ccc(Cc4ccc(-c5nc6ccc(C(=N)N)cc6[nH]5)cc4)cc3)[nH]c2c1. The number of rotatable bonds is 6. The highest BCUT2D eigenvalue weighted by molar-refractivity contribution is 5.99. The van der Waals surface area contributed by atoms with E-state index in [1.165, 1.54) is 11.1 Å². The van der Waals surface area contributed by atoms with E-state index in [1.54, 1.807) is 0 Å². The van der Waals surface area contributed by atoms with Gasteiger partial charge in [0, 0.05) is 22.3 Å². The first-order chi connectivity index (χ1) is 17.9. The van der Waals surface area contributed by atoms with Crippen LogP contribution in [0.3, 0.4) is 0 Å². The number of hydrogen-bond acceptors (Lipinski definition) is 4. The molecule has 0 spiro atoms. The standard InChI is InChI=1S/C29H24N8/c30-26(31)20-9-11-22-24(14-20)36-28(34-22)18-5-1-16(2-6-18)13-17-3-7-19(8-4-17)29-35-23-12-10-21(27(32)33)15-25(23)37-29/h1-12,14-15H,13H2,(H3,30,31)(H3,32,33)(H,34,36)(H,35,37). The maximum Gasteiger partial charge on any atom is 0.138 e. The minimum atomic E-state index is 0.0382. The van der Waals surface area contributed by atoms with Crippen LogP contribution in [0.4, 0.5) is 0 Å². The van der Waals surface area contributed by atoms with Crippen molar-refractivity contribution in [2.75, 3.05) is 0 Å². The molecule has 8 heteroatoms. The zero-order valence-corrected chi connectivity index (χ0v) is 19.8. The van der Waals surface area contributed by atoms with Crippen LogP contribution in [0, 0.1) is 10.8 Å². The van der Waals surface area contributed by atoms with Crippen molar-refractivity contribution in [3.8, 4) is 22.8 Å². The van der Waals surface area contributed by atoms with Gasteiger partial charge in [-0.2, -0.15) is 0 Å². The molecule has 0 aliphatic carbocycles. The van der Waals surface area contributed by atoms with Crippen molar-refractivity contribution in [1.29, 1.82) is 10.8 Å². The first kappa shape index (κ1) is 22.2. The fourth-order valence-corrected chi connectivity index (χ4v) is 4.42.